The lowest BCUT2D eigenvalue weighted by atomic mass is 9.75. The number of hydrogen-bond donors (Lipinski definition) is 1. The Morgan fingerprint density at radius 1 is 1.11 bits per heavy atom. The van der Waals surface area contributed by atoms with Gasteiger partial charge < -0.3 is 14.8 Å². The maximum atomic E-state index is 13.2. The Hall–Kier alpha value is -1.81. The van der Waals surface area contributed by atoms with Crippen molar-refractivity contribution in [2.45, 2.75) is 51.4 Å². The van der Waals surface area contributed by atoms with Crippen LogP contribution in [0.2, 0.25) is 0 Å². The number of aromatic nitrogens is 1. The van der Waals surface area contributed by atoms with Gasteiger partial charge in [0.05, 0.1) is 0 Å². The molecule has 2 aromatic rings. The highest BCUT2D eigenvalue weighted by Crippen LogP contribution is 2.41. The summed E-state index contributed by atoms with van der Waals surface area (Å²) in [5.74, 6) is 1.34. The molecule has 1 N–H and O–H groups in total. The smallest absolute Gasteiger partial charge is 0.223 e. The van der Waals surface area contributed by atoms with Crippen molar-refractivity contribution in [2.24, 2.45) is 5.92 Å². The van der Waals surface area contributed by atoms with E-state index in [1.54, 1.807) is 0 Å². The van der Waals surface area contributed by atoms with Crippen LogP contribution in [0.4, 0.5) is 0 Å². The van der Waals surface area contributed by atoms with Gasteiger partial charge in [-0.05, 0) is 42.9 Å². The second-order valence-electron chi connectivity index (χ2n) is 8.31. The van der Waals surface area contributed by atoms with Crippen molar-refractivity contribution in [1.29, 1.82) is 0 Å². The van der Waals surface area contributed by atoms with E-state index in [1.165, 1.54) is 48.6 Å². The van der Waals surface area contributed by atoms with Crippen molar-refractivity contribution in [3.8, 4) is 0 Å². The molecule has 1 atom stereocenters. The normalized spacial score (nSPS) is 20.9. The van der Waals surface area contributed by atoms with Crippen LogP contribution in [0.5, 0.6) is 0 Å². The average molecular weight is 368 g/mol. The first-order valence-corrected chi connectivity index (χ1v) is 10.8. The molecule has 4 nitrogen and oxygen atoms in total. The van der Waals surface area contributed by atoms with Gasteiger partial charge in [-0.2, -0.15) is 0 Å². The van der Waals surface area contributed by atoms with Crippen molar-refractivity contribution in [3.63, 3.8) is 0 Å². The molecule has 0 unspecified atom stereocenters. The monoisotopic (exact) mass is 367 g/mol. The van der Waals surface area contributed by atoms with Crippen LogP contribution in [-0.4, -0.2) is 53.4 Å². The van der Waals surface area contributed by atoms with Crippen molar-refractivity contribution >= 4 is 16.8 Å². The molecule has 4 heteroatoms. The highest BCUT2D eigenvalue weighted by molar-refractivity contribution is 5.85. The average Bonchev–Trinajstić information content (AvgIpc) is 3.16. The number of aromatic amines is 1. The third-order valence-electron chi connectivity index (χ3n) is 6.81. The highest BCUT2D eigenvalue weighted by atomic mass is 16.2. The lowest BCUT2D eigenvalue weighted by Crippen LogP contribution is -2.48. The Bertz CT molecular complexity index is 754. The van der Waals surface area contributed by atoms with E-state index in [9.17, 15) is 4.79 Å². The molecule has 2 fully saturated rings. The van der Waals surface area contributed by atoms with Gasteiger partial charge in [-0.1, -0.05) is 44.4 Å². The van der Waals surface area contributed by atoms with Gasteiger partial charge in [0, 0.05) is 49.7 Å². The van der Waals surface area contributed by atoms with E-state index < -0.39 is 0 Å². The molecule has 2 aliphatic rings. The largest absolute Gasteiger partial charge is 0.361 e. The predicted octanol–water partition coefficient (Wildman–Crippen LogP) is 4.39. The van der Waals surface area contributed by atoms with Gasteiger partial charge in [0.2, 0.25) is 5.91 Å². The Morgan fingerprint density at radius 3 is 2.59 bits per heavy atom. The number of carbonyl (C=O) groups excluding carboxylic acids is 1. The molecule has 1 aliphatic carbocycles. The Morgan fingerprint density at radius 2 is 1.85 bits per heavy atom. The molecule has 1 saturated carbocycles. The molecule has 1 aliphatic heterocycles. The first-order valence-electron chi connectivity index (χ1n) is 10.8. The quantitative estimate of drug-likeness (QED) is 0.851. The molecule has 1 aromatic carbocycles. The maximum absolute atomic E-state index is 13.2. The van der Waals surface area contributed by atoms with Crippen LogP contribution in [0.15, 0.2) is 30.5 Å². The predicted molar refractivity (Wildman–Crippen MR) is 111 cm³/mol. The lowest BCUT2D eigenvalue weighted by molar-refractivity contribution is -0.133. The van der Waals surface area contributed by atoms with Gasteiger partial charge in [-0.25, -0.2) is 0 Å². The summed E-state index contributed by atoms with van der Waals surface area (Å²) in [7, 11) is 0. The summed E-state index contributed by atoms with van der Waals surface area (Å²) in [5, 5.41) is 1.30. The number of rotatable bonds is 5. The summed E-state index contributed by atoms with van der Waals surface area (Å²) in [6.07, 6.45) is 9.34. The summed E-state index contributed by atoms with van der Waals surface area (Å²) in [4.78, 5) is 21.2. The summed E-state index contributed by atoms with van der Waals surface area (Å²) in [5.41, 5.74) is 2.55. The van der Waals surface area contributed by atoms with Crippen LogP contribution in [0.3, 0.4) is 0 Å². The summed E-state index contributed by atoms with van der Waals surface area (Å²) in [6.45, 7) is 7.10. The molecule has 0 radical (unpaired) electrons. The Balaban J connectivity index is 1.54. The molecule has 1 aromatic heterocycles. The van der Waals surface area contributed by atoms with E-state index >= 15 is 0 Å². The molecule has 1 amide bonds. The second-order valence-corrected chi connectivity index (χ2v) is 8.31. The lowest BCUT2D eigenvalue weighted by Gasteiger charge is -2.36. The maximum Gasteiger partial charge on any atom is 0.223 e. The Labute approximate surface area is 162 Å². The van der Waals surface area contributed by atoms with E-state index in [4.69, 9.17) is 0 Å². The van der Waals surface area contributed by atoms with Crippen molar-refractivity contribution in [3.05, 3.63) is 36.0 Å². The summed E-state index contributed by atoms with van der Waals surface area (Å²) < 4.78 is 0. The van der Waals surface area contributed by atoms with Crippen molar-refractivity contribution < 1.29 is 4.79 Å². The fourth-order valence-electron chi connectivity index (χ4n) is 5.10. The summed E-state index contributed by atoms with van der Waals surface area (Å²) >= 11 is 0. The second kappa shape index (κ2) is 8.47. The van der Waals surface area contributed by atoms with Gasteiger partial charge >= 0.3 is 0 Å². The van der Waals surface area contributed by atoms with Crippen molar-refractivity contribution in [2.75, 3.05) is 32.7 Å². The van der Waals surface area contributed by atoms with E-state index in [0.29, 0.717) is 24.2 Å². The zero-order valence-electron chi connectivity index (χ0n) is 16.6. The molecule has 0 spiro atoms. The number of piperazine rings is 1. The van der Waals surface area contributed by atoms with E-state index in [-0.39, 0.29) is 0 Å². The van der Waals surface area contributed by atoms with Crippen molar-refractivity contribution in [1.82, 2.24) is 14.8 Å². The first-order chi connectivity index (χ1) is 13.3. The van der Waals surface area contributed by atoms with Gasteiger partial charge in [0.25, 0.3) is 0 Å². The summed E-state index contributed by atoms with van der Waals surface area (Å²) in [6, 6.07) is 8.55. The third-order valence-corrected chi connectivity index (χ3v) is 6.81. The molecule has 1 saturated heterocycles. The number of nitrogens with one attached hydrogen (secondary N) is 1. The number of fused-ring (bicyclic) bond motifs is 1. The zero-order valence-corrected chi connectivity index (χ0v) is 16.6. The minimum atomic E-state index is 0.346. The fourth-order valence-corrected chi connectivity index (χ4v) is 5.10. The van der Waals surface area contributed by atoms with Crippen LogP contribution < -0.4 is 0 Å². The number of carbonyl (C=O) groups is 1. The van der Waals surface area contributed by atoms with E-state index in [0.717, 1.165) is 32.7 Å². The standard InChI is InChI=1S/C23H33N3O/c1-2-25-12-14-26(15-13-25)23(27)16-20(18-8-4-3-5-9-18)21-17-24-22-11-7-6-10-19(21)22/h6-7,10-11,17-18,20,24H,2-5,8-9,12-16H2,1H3/t20-/m0/s1. The molecular weight excluding hydrogens is 334 g/mol. The number of H-pyrrole nitrogens is 1. The Kier molecular flexibility index (Phi) is 5.82. The van der Waals surface area contributed by atoms with E-state index in [2.05, 4.69) is 52.2 Å². The zero-order chi connectivity index (χ0) is 18.6. The number of benzene rings is 1. The number of nitrogens with zero attached hydrogens (tertiary/aromatic N) is 2. The van der Waals surface area contributed by atoms with Gasteiger partial charge in [-0.3, -0.25) is 4.79 Å². The minimum absolute atomic E-state index is 0.346. The van der Waals surface area contributed by atoms with Gasteiger partial charge in [-0.15, -0.1) is 0 Å². The van der Waals surface area contributed by atoms with E-state index in [1.807, 2.05) is 0 Å². The number of hydrogen-bond acceptors (Lipinski definition) is 2. The third kappa shape index (κ3) is 4.06. The highest BCUT2D eigenvalue weighted by Gasteiger charge is 2.31. The number of para-hydroxylation sites is 1. The molecule has 0 bridgehead atoms. The van der Waals surface area contributed by atoms with Gasteiger partial charge in [0.15, 0.2) is 0 Å². The van der Waals surface area contributed by atoms with Crippen LogP contribution >= 0.6 is 0 Å². The van der Waals surface area contributed by atoms with Crippen LogP contribution in [0.25, 0.3) is 10.9 Å². The molecule has 2 heterocycles. The van der Waals surface area contributed by atoms with Crippen LogP contribution in [0.1, 0.15) is 56.9 Å². The fraction of sp³-hybridized carbons (Fsp3) is 0.609. The number of likely N-dealkylation sites (N-methyl/N-ethyl adjacent to an activating group) is 1. The molecule has 27 heavy (non-hydrogen) atoms. The van der Waals surface area contributed by atoms with Crippen LogP contribution in [-0.2, 0) is 4.79 Å². The SMILES string of the molecule is CCN1CCN(C(=O)C[C@H](c2c[nH]c3ccccc23)C2CCCCC2)CC1. The number of amides is 1. The molecule has 146 valence electrons. The minimum Gasteiger partial charge on any atom is -0.361 e. The topological polar surface area (TPSA) is 39.3 Å². The van der Waals surface area contributed by atoms with Gasteiger partial charge in [0.1, 0.15) is 0 Å². The first kappa shape index (κ1) is 18.5. The van der Waals surface area contributed by atoms with Crippen LogP contribution in [0, 0.1) is 5.92 Å². The molecule has 4 rings (SSSR count). The molecular formula is C23H33N3O.